The number of likely N-dealkylation sites (N-methyl/N-ethyl adjacent to an activating group) is 1. The summed E-state index contributed by atoms with van der Waals surface area (Å²) in [5, 5.41) is 7.45. The predicted molar refractivity (Wildman–Crippen MR) is 92.7 cm³/mol. The highest BCUT2D eigenvalue weighted by molar-refractivity contribution is 5.94. The van der Waals surface area contributed by atoms with Crippen molar-refractivity contribution in [1.82, 2.24) is 20.0 Å². The third-order valence-corrected chi connectivity index (χ3v) is 4.06. The number of nitrogens with zero attached hydrogens (tertiary/aromatic N) is 3. The van der Waals surface area contributed by atoms with Crippen LogP contribution >= 0.6 is 0 Å². The van der Waals surface area contributed by atoms with E-state index in [0.717, 1.165) is 17.0 Å². The number of aromatic nitrogens is 2. The van der Waals surface area contributed by atoms with Gasteiger partial charge < -0.3 is 10.2 Å². The number of carbonyl (C=O) groups is 1. The van der Waals surface area contributed by atoms with Gasteiger partial charge in [-0.05, 0) is 58.6 Å². The van der Waals surface area contributed by atoms with Crippen LogP contribution in [-0.4, -0.2) is 47.3 Å². The molecule has 1 aromatic carbocycles. The first-order valence-corrected chi connectivity index (χ1v) is 7.91. The van der Waals surface area contributed by atoms with Crippen LogP contribution in [0.4, 0.5) is 0 Å². The van der Waals surface area contributed by atoms with Gasteiger partial charge in [-0.1, -0.05) is 12.1 Å². The highest BCUT2D eigenvalue weighted by atomic mass is 16.1. The maximum atomic E-state index is 12.3. The fourth-order valence-electron chi connectivity index (χ4n) is 2.34. The number of aryl methyl sites for hydroxylation is 2. The molecule has 1 heterocycles. The molecular weight excluding hydrogens is 288 g/mol. The van der Waals surface area contributed by atoms with E-state index in [9.17, 15) is 4.79 Å². The van der Waals surface area contributed by atoms with E-state index in [-0.39, 0.29) is 5.91 Å². The molecule has 0 fully saturated rings. The second-order valence-electron chi connectivity index (χ2n) is 6.31. The zero-order valence-electron chi connectivity index (χ0n) is 14.6. The minimum atomic E-state index is -0.0334. The lowest BCUT2D eigenvalue weighted by molar-refractivity contribution is 0.0943. The number of carbonyl (C=O) groups excluding carboxylic acids is 1. The summed E-state index contributed by atoms with van der Waals surface area (Å²) in [6, 6.07) is 10.1. The Balaban J connectivity index is 2.04. The molecule has 124 valence electrons. The van der Waals surface area contributed by atoms with E-state index in [4.69, 9.17) is 0 Å². The molecule has 0 aliphatic rings. The standard InChI is InChI=1S/C18H26N4O/c1-13-9-14(2)22(20-13)12-16-7-6-8-17(10-16)18(23)19-11-15(3)21(4)5/h6-10,15H,11-12H2,1-5H3,(H,19,23). The fourth-order valence-corrected chi connectivity index (χ4v) is 2.34. The smallest absolute Gasteiger partial charge is 0.251 e. The summed E-state index contributed by atoms with van der Waals surface area (Å²) in [4.78, 5) is 14.4. The van der Waals surface area contributed by atoms with E-state index < -0.39 is 0 Å². The Labute approximate surface area is 138 Å². The Kier molecular flexibility index (Phi) is 5.55. The first-order chi connectivity index (χ1) is 10.9. The first kappa shape index (κ1) is 17.2. The fraction of sp³-hybridized carbons (Fsp3) is 0.444. The van der Waals surface area contributed by atoms with Gasteiger partial charge in [0.25, 0.3) is 5.91 Å². The zero-order valence-corrected chi connectivity index (χ0v) is 14.6. The van der Waals surface area contributed by atoms with E-state index in [2.05, 4.69) is 28.3 Å². The topological polar surface area (TPSA) is 50.2 Å². The molecule has 1 N–H and O–H groups in total. The molecule has 0 spiro atoms. The van der Waals surface area contributed by atoms with Gasteiger partial charge in [0.05, 0.1) is 12.2 Å². The number of nitrogens with one attached hydrogen (secondary N) is 1. The lowest BCUT2D eigenvalue weighted by Crippen LogP contribution is -2.38. The van der Waals surface area contributed by atoms with Crippen molar-refractivity contribution in [3.05, 3.63) is 52.8 Å². The minimum Gasteiger partial charge on any atom is -0.350 e. The second-order valence-corrected chi connectivity index (χ2v) is 6.31. The van der Waals surface area contributed by atoms with Crippen LogP contribution in [0.15, 0.2) is 30.3 Å². The van der Waals surface area contributed by atoms with Gasteiger partial charge in [0.15, 0.2) is 0 Å². The van der Waals surface area contributed by atoms with Crippen LogP contribution in [0.2, 0.25) is 0 Å². The summed E-state index contributed by atoms with van der Waals surface area (Å²) >= 11 is 0. The SMILES string of the molecule is Cc1cc(C)n(Cc2cccc(C(=O)NCC(C)N(C)C)c2)n1. The van der Waals surface area contributed by atoms with Crippen LogP contribution in [0.25, 0.3) is 0 Å². The largest absolute Gasteiger partial charge is 0.350 e. The molecule has 0 radical (unpaired) electrons. The summed E-state index contributed by atoms with van der Waals surface area (Å²) in [5.41, 5.74) is 3.89. The molecular formula is C18H26N4O. The number of hydrogen-bond donors (Lipinski definition) is 1. The molecule has 5 heteroatoms. The van der Waals surface area contributed by atoms with Gasteiger partial charge >= 0.3 is 0 Å². The van der Waals surface area contributed by atoms with Gasteiger partial charge in [0.2, 0.25) is 0 Å². The molecule has 1 aromatic heterocycles. The maximum Gasteiger partial charge on any atom is 0.251 e. The molecule has 2 rings (SSSR count). The third kappa shape index (κ3) is 4.66. The third-order valence-electron chi connectivity index (χ3n) is 4.06. The summed E-state index contributed by atoms with van der Waals surface area (Å²) in [6.45, 7) is 7.42. The van der Waals surface area contributed by atoms with Crippen molar-refractivity contribution < 1.29 is 4.79 Å². The van der Waals surface area contributed by atoms with Gasteiger partial charge in [-0.3, -0.25) is 9.48 Å². The summed E-state index contributed by atoms with van der Waals surface area (Å²) in [6.07, 6.45) is 0. The Morgan fingerprint density at radius 2 is 2.04 bits per heavy atom. The quantitative estimate of drug-likeness (QED) is 0.889. The van der Waals surface area contributed by atoms with E-state index in [1.54, 1.807) is 0 Å². The monoisotopic (exact) mass is 314 g/mol. The molecule has 0 saturated heterocycles. The molecule has 0 aliphatic heterocycles. The number of benzene rings is 1. The average Bonchev–Trinajstić information content (AvgIpc) is 2.82. The van der Waals surface area contributed by atoms with E-state index in [1.165, 1.54) is 0 Å². The lowest BCUT2D eigenvalue weighted by atomic mass is 10.1. The maximum absolute atomic E-state index is 12.3. The predicted octanol–water partition coefficient (Wildman–Crippen LogP) is 2.23. The average molecular weight is 314 g/mol. The Morgan fingerprint density at radius 3 is 2.65 bits per heavy atom. The minimum absolute atomic E-state index is 0.0334. The highest BCUT2D eigenvalue weighted by Gasteiger charge is 2.10. The van der Waals surface area contributed by atoms with Crippen LogP contribution in [0.3, 0.4) is 0 Å². The molecule has 1 unspecified atom stereocenters. The zero-order chi connectivity index (χ0) is 17.0. The van der Waals surface area contributed by atoms with Gasteiger partial charge in [-0.25, -0.2) is 0 Å². The summed E-state index contributed by atoms with van der Waals surface area (Å²) < 4.78 is 1.96. The first-order valence-electron chi connectivity index (χ1n) is 7.91. The van der Waals surface area contributed by atoms with Gasteiger partial charge in [0, 0.05) is 23.8 Å². The summed E-state index contributed by atoms with van der Waals surface area (Å²) in [7, 11) is 4.01. The molecule has 23 heavy (non-hydrogen) atoms. The normalized spacial score (nSPS) is 12.4. The van der Waals surface area contributed by atoms with Crippen molar-refractivity contribution in [1.29, 1.82) is 0 Å². The highest BCUT2D eigenvalue weighted by Crippen LogP contribution is 2.10. The van der Waals surface area contributed by atoms with Gasteiger partial charge in [-0.2, -0.15) is 5.10 Å². The van der Waals surface area contributed by atoms with E-state index >= 15 is 0 Å². The van der Waals surface area contributed by atoms with Crippen LogP contribution in [0.5, 0.6) is 0 Å². The van der Waals surface area contributed by atoms with E-state index in [1.807, 2.05) is 56.9 Å². The van der Waals surface area contributed by atoms with E-state index in [0.29, 0.717) is 24.7 Å². The molecule has 1 atom stereocenters. The Morgan fingerprint density at radius 1 is 1.30 bits per heavy atom. The van der Waals surface area contributed by atoms with Crippen LogP contribution in [-0.2, 0) is 6.54 Å². The number of rotatable bonds is 6. The molecule has 2 aromatic rings. The Bertz CT molecular complexity index is 675. The lowest BCUT2D eigenvalue weighted by Gasteiger charge is -2.20. The van der Waals surface area contributed by atoms with Crippen LogP contribution < -0.4 is 5.32 Å². The van der Waals surface area contributed by atoms with Crippen LogP contribution in [0.1, 0.15) is 34.2 Å². The molecule has 1 amide bonds. The van der Waals surface area contributed by atoms with Gasteiger partial charge in [-0.15, -0.1) is 0 Å². The molecule has 5 nitrogen and oxygen atoms in total. The van der Waals surface area contributed by atoms with Crippen molar-refractivity contribution in [3.63, 3.8) is 0 Å². The molecule has 0 aliphatic carbocycles. The summed E-state index contributed by atoms with van der Waals surface area (Å²) in [5.74, 6) is -0.0334. The van der Waals surface area contributed by atoms with Crippen molar-refractivity contribution in [3.8, 4) is 0 Å². The second kappa shape index (κ2) is 7.42. The molecule has 0 bridgehead atoms. The van der Waals surface area contributed by atoms with Crippen LogP contribution in [0, 0.1) is 13.8 Å². The van der Waals surface area contributed by atoms with Crippen molar-refractivity contribution in [2.24, 2.45) is 0 Å². The van der Waals surface area contributed by atoms with Gasteiger partial charge in [0.1, 0.15) is 0 Å². The number of hydrogen-bond acceptors (Lipinski definition) is 3. The Hall–Kier alpha value is -2.14. The van der Waals surface area contributed by atoms with Crippen molar-refractivity contribution >= 4 is 5.91 Å². The molecule has 0 saturated carbocycles. The number of amides is 1. The van der Waals surface area contributed by atoms with Crippen molar-refractivity contribution in [2.75, 3.05) is 20.6 Å². The van der Waals surface area contributed by atoms with Crippen molar-refractivity contribution in [2.45, 2.75) is 33.4 Å².